The Morgan fingerprint density at radius 1 is 1.37 bits per heavy atom. The van der Waals surface area contributed by atoms with Gasteiger partial charge in [-0.25, -0.2) is 4.39 Å². The molecular formula is C14H22FN3O. The average molecular weight is 267 g/mol. The lowest BCUT2D eigenvalue weighted by Crippen LogP contribution is -2.44. The molecule has 1 aromatic carbocycles. The first-order valence-electron chi connectivity index (χ1n) is 6.80. The number of nitrogens with one attached hydrogen (secondary N) is 2. The van der Waals surface area contributed by atoms with Gasteiger partial charge in [-0.3, -0.25) is 0 Å². The first-order valence-corrected chi connectivity index (χ1v) is 6.80. The Bertz CT molecular complexity index is 394. The van der Waals surface area contributed by atoms with Gasteiger partial charge < -0.3 is 20.3 Å². The molecule has 1 heterocycles. The molecule has 0 aromatic heterocycles. The second-order valence-corrected chi connectivity index (χ2v) is 4.72. The van der Waals surface area contributed by atoms with Gasteiger partial charge in [0, 0.05) is 38.8 Å². The molecule has 1 fully saturated rings. The van der Waals surface area contributed by atoms with Crippen molar-refractivity contribution in [2.24, 2.45) is 0 Å². The fourth-order valence-corrected chi connectivity index (χ4v) is 2.28. The molecule has 0 unspecified atom stereocenters. The van der Waals surface area contributed by atoms with E-state index in [-0.39, 0.29) is 5.82 Å². The zero-order valence-corrected chi connectivity index (χ0v) is 11.4. The zero-order chi connectivity index (χ0) is 13.5. The molecular weight excluding hydrogens is 245 g/mol. The van der Waals surface area contributed by atoms with Crippen LogP contribution in [0.2, 0.25) is 0 Å². The van der Waals surface area contributed by atoms with Crippen molar-refractivity contribution in [2.75, 3.05) is 51.7 Å². The highest BCUT2D eigenvalue weighted by atomic mass is 19.1. The van der Waals surface area contributed by atoms with Crippen molar-refractivity contribution in [3.63, 3.8) is 0 Å². The minimum Gasteiger partial charge on any atom is -0.495 e. The van der Waals surface area contributed by atoms with E-state index in [4.69, 9.17) is 4.74 Å². The number of nitrogens with zero attached hydrogens (tertiary/aromatic N) is 1. The van der Waals surface area contributed by atoms with Crippen molar-refractivity contribution >= 4 is 5.69 Å². The topological polar surface area (TPSA) is 36.5 Å². The van der Waals surface area contributed by atoms with Gasteiger partial charge in [0.05, 0.1) is 12.8 Å². The van der Waals surface area contributed by atoms with Gasteiger partial charge in [0.2, 0.25) is 0 Å². The van der Waals surface area contributed by atoms with Crippen molar-refractivity contribution in [3.05, 3.63) is 24.0 Å². The molecule has 0 saturated carbocycles. The molecule has 0 atom stereocenters. The molecule has 1 aromatic rings. The third kappa shape index (κ3) is 4.36. The van der Waals surface area contributed by atoms with Crippen molar-refractivity contribution in [1.82, 2.24) is 10.2 Å². The Morgan fingerprint density at radius 3 is 2.89 bits per heavy atom. The molecule has 0 aliphatic carbocycles. The van der Waals surface area contributed by atoms with Crippen LogP contribution in [0.5, 0.6) is 5.75 Å². The number of halogens is 1. The second kappa shape index (κ2) is 7.31. The summed E-state index contributed by atoms with van der Waals surface area (Å²) in [6, 6.07) is 4.53. The van der Waals surface area contributed by atoms with Crippen LogP contribution in [0.4, 0.5) is 10.1 Å². The summed E-state index contributed by atoms with van der Waals surface area (Å²) in [4.78, 5) is 2.45. The Balaban J connectivity index is 1.74. The molecule has 1 aliphatic heterocycles. The predicted molar refractivity (Wildman–Crippen MR) is 75.4 cm³/mol. The molecule has 106 valence electrons. The molecule has 1 saturated heterocycles. The summed E-state index contributed by atoms with van der Waals surface area (Å²) in [7, 11) is 1.60. The smallest absolute Gasteiger partial charge is 0.142 e. The van der Waals surface area contributed by atoms with Crippen LogP contribution >= 0.6 is 0 Å². The molecule has 0 spiro atoms. The fraction of sp³-hybridized carbons (Fsp3) is 0.571. The van der Waals surface area contributed by atoms with Gasteiger partial charge in [-0.05, 0) is 25.1 Å². The van der Waals surface area contributed by atoms with Crippen molar-refractivity contribution < 1.29 is 9.13 Å². The van der Waals surface area contributed by atoms with Gasteiger partial charge >= 0.3 is 0 Å². The molecule has 0 amide bonds. The van der Waals surface area contributed by atoms with Gasteiger partial charge in [0.25, 0.3) is 0 Å². The largest absolute Gasteiger partial charge is 0.495 e. The number of hydrogen-bond acceptors (Lipinski definition) is 4. The number of piperazine rings is 1. The van der Waals surface area contributed by atoms with Crippen molar-refractivity contribution in [2.45, 2.75) is 6.42 Å². The summed E-state index contributed by atoms with van der Waals surface area (Å²) in [5.74, 6) is 0.439. The molecule has 5 heteroatoms. The van der Waals surface area contributed by atoms with Crippen molar-refractivity contribution in [1.29, 1.82) is 0 Å². The summed E-state index contributed by atoms with van der Waals surface area (Å²) in [6.45, 7) is 6.28. The van der Waals surface area contributed by atoms with E-state index in [1.807, 2.05) is 0 Å². The van der Waals surface area contributed by atoms with Crippen LogP contribution in [0.1, 0.15) is 6.42 Å². The Hall–Kier alpha value is -1.33. The Labute approximate surface area is 113 Å². The summed E-state index contributed by atoms with van der Waals surface area (Å²) in [5.41, 5.74) is 0.725. The molecule has 2 N–H and O–H groups in total. The maximum Gasteiger partial charge on any atom is 0.142 e. The number of benzene rings is 1. The van der Waals surface area contributed by atoms with Crippen LogP contribution in [0.25, 0.3) is 0 Å². The van der Waals surface area contributed by atoms with Crippen molar-refractivity contribution in [3.8, 4) is 5.75 Å². The molecule has 4 nitrogen and oxygen atoms in total. The summed E-state index contributed by atoms with van der Waals surface area (Å²) in [5, 5.41) is 6.57. The highest BCUT2D eigenvalue weighted by Gasteiger charge is 2.09. The van der Waals surface area contributed by atoms with Crippen LogP contribution < -0.4 is 15.4 Å². The van der Waals surface area contributed by atoms with Gasteiger partial charge in [0.1, 0.15) is 11.6 Å². The fourth-order valence-electron chi connectivity index (χ4n) is 2.28. The van der Waals surface area contributed by atoms with E-state index in [2.05, 4.69) is 15.5 Å². The van der Waals surface area contributed by atoms with Gasteiger partial charge in [0.15, 0.2) is 0 Å². The molecule has 0 radical (unpaired) electrons. The van der Waals surface area contributed by atoms with E-state index < -0.39 is 0 Å². The lowest BCUT2D eigenvalue weighted by Gasteiger charge is -2.27. The van der Waals surface area contributed by atoms with Crippen LogP contribution in [0, 0.1) is 5.82 Å². The minimum absolute atomic E-state index is 0.245. The lowest BCUT2D eigenvalue weighted by atomic mass is 10.2. The quantitative estimate of drug-likeness (QED) is 0.767. The minimum atomic E-state index is -0.245. The average Bonchev–Trinajstić information content (AvgIpc) is 2.45. The third-order valence-corrected chi connectivity index (χ3v) is 3.34. The maximum absolute atomic E-state index is 13.2. The van der Waals surface area contributed by atoms with E-state index in [1.54, 1.807) is 13.2 Å². The second-order valence-electron chi connectivity index (χ2n) is 4.72. The van der Waals surface area contributed by atoms with Crippen LogP contribution in [-0.2, 0) is 0 Å². The van der Waals surface area contributed by atoms with E-state index in [0.29, 0.717) is 5.75 Å². The van der Waals surface area contributed by atoms with Gasteiger partial charge in [-0.1, -0.05) is 0 Å². The monoisotopic (exact) mass is 267 g/mol. The standard InChI is InChI=1S/C14H22FN3O/c1-19-14-4-3-12(15)11-13(14)17-5-2-8-18-9-6-16-7-10-18/h3-4,11,16-17H,2,5-10H2,1H3. The number of anilines is 1. The third-order valence-electron chi connectivity index (χ3n) is 3.34. The summed E-state index contributed by atoms with van der Waals surface area (Å²) >= 11 is 0. The zero-order valence-electron chi connectivity index (χ0n) is 11.4. The predicted octanol–water partition coefficient (Wildman–Crippen LogP) is 1.54. The highest BCUT2D eigenvalue weighted by molar-refractivity contribution is 5.56. The Kier molecular flexibility index (Phi) is 5.42. The maximum atomic E-state index is 13.2. The SMILES string of the molecule is COc1ccc(F)cc1NCCCN1CCNCC1. The number of rotatable bonds is 6. The van der Waals surface area contributed by atoms with E-state index in [0.717, 1.165) is 51.4 Å². The van der Waals surface area contributed by atoms with E-state index >= 15 is 0 Å². The highest BCUT2D eigenvalue weighted by Crippen LogP contribution is 2.24. The first kappa shape index (κ1) is 14.1. The Morgan fingerprint density at radius 2 is 2.16 bits per heavy atom. The lowest BCUT2D eigenvalue weighted by molar-refractivity contribution is 0.240. The molecule has 2 rings (SSSR count). The van der Waals surface area contributed by atoms with Gasteiger partial charge in [-0.2, -0.15) is 0 Å². The molecule has 0 bridgehead atoms. The molecule has 19 heavy (non-hydrogen) atoms. The van der Waals surface area contributed by atoms with E-state index in [9.17, 15) is 4.39 Å². The van der Waals surface area contributed by atoms with Crippen LogP contribution in [0.15, 0.2) is 18.2 Å². The molecule has 1 aliphatic rings. The summed E-state index contributed by atoms with van der Waals surface area (Å²) in [6.07, 6.45) is 1.04. The summed E-state index contributed by atoms with van der Waals surface area (Å²) < 4.78 is 18.4. The number of methoxy groups -OCH3 is 1. The number of hydrogen-bond donors (Lipinski definition) is 2. The van der Waals surface area contributed by atoms with Crippen LogP contribution in [-0.4, -0.2) is 51.3 Å². The van der Waals surface area contributed by atoms with Crippen LogP contribution in [0.3, 0.4) is 0 Å². The van der Waals surface area contributed by atoms with E-state index in [1.165, 1.54) is 12.1 Å². The normalized spacial score (nSPS) is 16.3. The first-order chi connectivity index (χ1) is 9.29. The van der Waals surface area contributed by atoms with Gasteiger partial charge in [-0.15, -0.1) is 0 Å². The number of ether oxygens (including phenoxy) is 1.